The van der Waals surface area contributed by atoms with Crippen molar-refractivity contribution >= 4 is 17.2 Å². The Bertz CT molecular complexity index is 666. The van der Waals surface area contributed by atoms with Crippen LogP contribution in [-0.2, 0) is 6.54 Å². The standard InChI is InChI=1S/C16H16N2O2S/c1-12-10-21-11-14(12)9-18-16(20)15-6-5-13(8-17-15)4-2-3-7-19/h5-6,8,10-11,19H,3,7,9H2,1H3,(H,18,20). The third-order valence-corrected chi connectivity index (χ3v) is 3.78. The number of amides is 1. The highest BCUT2D eigenvalue weighted by atomic mass is 32.1. The van der Waals surface area contributed by atoms with Crippen LogP contribution in [0.25, 0.3) is 0 Å². The number of nitrogens with zero attached hydrogens (tertiary/aromatic N) is 1. The van der Waals surface area contributed by atoms with E-state index in [9.17, 15) is 4.79 Å². The molecule has 4 nitrogen and oxygen atoms in total. The number of carbonyl (C=O) groups is 1. The average Bonchev–Trinajstić information content (AvgIpc) is 2.91. The van der Waals surface area contributed by atoms with E-state index in [4.69, 9.17) is 5.11 Å². The maximum absolute atomic E-state index is 12.0. The van der Waals surface area contributed by atoms with Crippen molar-refractivity contribution < 1.29 is 9.90 Å². The second-order valence-electron chi connectivity index (χ2n) is 4.47. The quantitative estimate of drug-likeness (QED) is 0.850. The Balaban J connectivity index is 1.94. The van der Waals surface area contributed by atoms with E-state index in [1.54, 1.807) is 29.7 Å². The maximum atomic E-state index is 12.0. The Labute approximate surface area is 127 Å². The van der Waals surface area contributed by atoms with Crippen LogP contribution in [-0.4, -0.2) is 22.6 Å². The summed E-state index contributed by atoms with van der Waals surface area (Å²) in [5.74, 6) is 5.48. The summed E-state index contributed by atoms with van der Waals surface area (Å²) in [4.78, 5) is 16.1. The van der Waals surface area contributed by atoms with E-state index in [0.717, 1.165) is 11.1 Å². The minimum absolute atomic E-state index is 0.0446. The van der Waals surface area contributed by atoms with Gasteiger partial charge in [-0.2, -0.15) is 11.3 Å². The number of aliphatic hydroxyl groups is 1. The van der Waals surface area contributed by atoms with Gasteiger partial charge in [-0.25, -0.2) is 4.98 Å². The highest BCUT2D eigenvalue weighted by Gasteiger charge is 2.07. The molecule has 0 aliphatic carbocycles. The van der Waals surface area contributed by atoms with E-state index in [1.165, 1.54) is 5.56 Å². The van der Waals surface area contributed by atoms with Gasteiger partial charge in [0.05, 0.1) is 6.61 Å². The average molecular weight is 300 g/mol. The minimum Gasteiger partial charge on any atom is -0.395 e. The molecule has 2 aromatic rings. The first-order valence-corrected chi connectivity index (χ1v) is 7.50. The number of aromatic nitrogens is 1. The van der Waals surface area contributed by atoms with Gasteiger partial charge in [0.15, 0.2) is 0 Å². The molecule has 0 saturated carbocycles. The fourth-order valence-electron chi connectivity index (χ4n) is 1.66. The van der Waals surface area contributed by atoms with Crippen molar-refractivity contribution in [3.05, 3.63) is 51.5 Å². The summed E-state index contributed by atoms with van der Waals surface area (Å²) in [6.45, 7) is 2.58. The Kier molecular flexibility index (Phi) is 5.50. The molecule has 1 amide bonds. The third-order valence-electron chi connectivity index (χ3n) is 2.87. The van der Waals surface area contributed by atoms with Crippen molar-refractivity contribution in [2.24, 2.45) is 0 Å². The fraction of sp³-hybridized carbons (Fsp3) is 0.250. The highest BCUT2D eigenvalue weighted by molar-refractivity contribution is 7.08. The Morgan fingerprint density at radius 2 is 2.29 bits per heavy atom. The second kappa shape index (κ2) is 7.58. The smallest absolute Gasteiger partial charge is 0.270 e. The van der Waals surface area contributed by atoms with Crippen LogP contribution in [0.2, 0.25) is 0 Å². The number of aryl methyl sites for hydroxylation is 1. The molecule has 2 rings (SSSR count). The third kappa shape index (κ3) is 4.42. The zero-order valence-corrected chi connectivity index (χ0v) is 12.5. The summed E-state index contributed by atoms with van der Waals surface area (Å²) in [6.07, 6.45) is 2.00. The second-order valence-corrected chi connectivity index (χ2v) is 5.21. The van der Waals surface area contributed by atoms with E-state index in [2.05, 4.69) is 27.5 Å². The molecule has 0 radical (unpaired) electrons. The monoisotopic (exact) mass is 300 g/mol. The fourth-order valence-corrected chi connectivity index (χ4v) is 2.51. The van der Waals surface area contributed by atoms with Crippen LogP contribution in [0.1, 0.15) is 33.6 Å². The lowest BCUT2D eigenvalue weighted by Gasteiger charge is -2.04. The van der Waals surface area contributed by atoms with E-state index in [1.807, 2.05) is 12.3 Å². The molecule has 2 aromatic heterocycles. The van der Waals surface area contributed by atoms with E-state index in [-0.39, 0.29) is 12.5 Å². The summed E-state index contributed by atoms with van der Waals surface area (Å²) in [7, 11) is 0. The van der Waals surface area contributed by atoms with Crippen LogP contribution < -0.4 is 5.32 Å². The molecular weight excluding hydrogens is 284 g/mol. The molecule has 0 fully saturated rings. The molecule has 21 heavy (non-hydrogen) atoms. The molecule has 0 aliphatic heterocycles. The normalized spacial score (nSPS) is 9.81. The summed E-state index contributed by atoms with van der Waals surface area (Å²) in [5, 5.41) is 15.6. The zero-order valence-electron chi connectivity index (χ0n) is 11.7. The van der Waals surface area contributed by atoms with Gasteiger partial charge in [0.2, 0.25) is 0 Å². The molecule has 5 heteroatoms. The molecule has 0 aliphatic rings. The van der Waals surface area contributed by atoms with Crippen LogP contribution in [0.5, 0.6) is 0 Å². The van der Waals surface area contributed by atoms with Gasteiger partial charge in [0, 0.05) is 24.7 Å². The molecule has 0 aromatic carbocycles. The molecule has 2 heterocycles. The number of nitrogens with one attached hydrogen (secondary N) is 1. The predicted molar refractivity (Wildman–Crippen MR) is 83.0 cm³/mol. The van der Waals surface area contributed by atoms with Gasteiger partial charge in [-0.1, -0.05) is 11.8 Å². The lowest BCUT2D eigenvalue weighted by Crippen LogP contribution is -2.23. The molecule has 0 spiro atoms. The molecule has 0 bridgehead atoms. The van der Waals surface area contributed by atoms with Crippen LogP contribution in [0.3, 0.4) is 0 Å². The van der Waals surface area contributed by atoms with Crippen molar-refractivity contribution in [2.75, 3.05) is 6.61 Å². The highest BCUT2D eigenvalue weighted by Crippen LogP contribution is 2.13. The van der Waals surface area contributed by atoms with Crippen LogP contribution in [0, 0.1) is 18.8 Å². The van der Waals surface area contributed by atoms with E-state index >= 15 is 0 Å². The van der Waals surface area contributed by atoms with Gasteiger partial charge >= 0.3 is 0 Å². The lowest BCUT2D eigenvalue weighted by molar-refractivity contribution is 0.0946. The predicted octanol–water partition coefficient (Wildman–Crippen LogP) is 2.12. The first-order valence-electron chi connectivity index (χ1n) is 6.56. The summed E-state index contributed by atoms with van der Waals surface area (Å²) in [5.41, 5.74) is 3.41. The summed E-state index contributed by atoms with van der Waals surface area (Å²) < 4.78 is 0. The Hall–Kier alpha value is -2.16. The molecule has 0 unspecified atom stereocenters. The van der Waals surface area contributed by atoms with Crippen molar-refractivity contribution in [1.29, 1.82) is 0 Å². The van der Waals surface area contributed by atoms with Crippen molar-refractivity contribution in [1.82, 2.24) is 10.3 Å². The number of pyridine rings is 1. The van der Waals surface area contributed by atoms with Gasteiger partial charge in [-0.3, -0.25) is 4.79 Å². The Morgan fingerprint density at radius 1 is 1.43 bits per heavy atom. The maximum Gasteiger partial charge on any atom is 0.270 e. The first kappa shape index (κ1) is 15.2. The molecule has 2 N–H and O–H groups in total. The minimum atomic E-state index is -0.199. The van der Waals surface area contributed by atoms with Gasteiger partial charge in [-0.05, 0) is 40.9 Å². The van der Waals surface area contributed by atoms with E-state index < -0.39 is 0 Å². The van der Waals surface area contributed by atoms with Gasteiger partial charge in [-0.15, -0.1) is 0 Å². The summed E-state index contributed by atoms with van der Waals surface area (Å²) in [6, 6.07) is 3.40. The van der Waals surface area contributed by atoms with Crippen molar-refractivity contribution in [2.45, 2.75) is 19.9 Å². The number of aliphatic hydroxyl groups excluding tert-OH is 1. The van der Waals surface area contributed by atoms with E-state index in [0.29, 0.717) is 18.7 Å². The largest absolute Gasteiger partial charge is 0.395 e. The van der Waals surface area contributed by atoms with Crippen molar-refractivity contribution in [3.63, 3.8) is 0 Å². The zero-order chi connectivity index (χ0) is 15.1. The topological polar surface area (TPSA) is 62.2 Å². The first-order chi connectivity index (χ1) is 10.2. The SMILES string of the molecule is Cc1cscc1CNC(=O)c1ccc(C#CCCO)cn1. The van der Waals surface area contributed by atoms with Crippen LogP contribution in [0.4, 0.5) is 0 Å². The van der Waals surface area contributed by atoms with Gasteiger partial charge < -0.3 is 10.4 Å². The number of hydrogen-bond donors (Lipinski definition) is 2. The molecule has 0 saturated heterocycles. The molecule has 108 valence electrons. The number of thiophene rings is 1. The van der Waals surface area contributed by atoms with Crippen molar-refractivity contribution in [3.8, 4) is 11.8 Å². The number of hydrogen-bond acceptors (Lipinski definition) is 4. The molecule has 0 atom stereocenters. The lowest BCUT2D eigenvalue weighted by atomic mass is 10.2. The summed E-state index contributed by atoms with van der Waals surface area (Å²) >= 11 is 1.63. The Morgan fingerprint density at radius 3 is 2.90 bits per heavy atom. The van der Waals surface area contributed by atoms with Crippen LogP contribution in [0.15, 0.2) is 29.1 Å². The number of rotatable bonds is 4. The van der Waals surface area contributed by atoms with Crippen LogP contribution >= 0.6 is 11.3 Å². The molecular formula is C16H16N2O2S. The van der Waals surface area contributed by atoms with Gasteiger partial charge in [0.25, 0.3) is 5.91 Å². The van der Waals surface area contributed by atoms with Gasteiger partial charge in [0.1, 0.15) is 5.69 Å². The number of carbonyl (C=O) groups excluding carboxylic acids is 1.